The number of aliphatic hydroxyl groups excluding tert-OH is 1. The molecule has 0 aliphatic carbocycles. The summed E-state index contributed by atoms with van der Waals surface area (Å²) in [6, 6.07) is 0.254. The molecule has 1 unspecified atom stereocenters. The fourth-order valence-corrected chi connectivity index (χ4v) is 1.74. The quantitative estimate of drug-likeness (QED) is 0.779. The van der Waals surface area contributed by atoms with Crippen molar-refractivity contribution in [1.82, 2.24) is 0 Å². The van der Waals surface area contributed by atoms with Gasteiger partial charge in [0.1, 0.15) is 10.7 Å². The summed E-state index contributed by atoms with van der Waals surface area (Å²) in [4.78, 5) is -2.30. The van der Waals surface area contributed by atoms with Gasteiger partial charge in [-0.15, -0.1) is 0 Å². The second-order valence-electron chi connectivity index (χ2n) is 3.33. The SMILES string of the molecule is CC(O)c1ccc(S(F)(F)(F)(F)F)cc1F. The van der Waals surface area contributed by atoms with Crippen LogP contribution in [0.2, 0.25) is 0 Å². The van der Waals surface area contributed by atoms with Crippen molar-refractivity contribution >= 4 is 10.2 Å². The molecule has 0 amide bonds. The van der Waals surface area contributed by atoms with E-state index in [-0.39, 0.29) is 12.1 Å². The van der Waals surface area contributed by atoms with Crippen molar-refractivity contribution in [3.8, 4) is 0 Å². The smallest absolute Gasteiger partial charge is 0.310 e. The van der Waals surface area contributed by atoms with Gasteiger partial charge in [0.05, 0.1) is 6.10 Å². The maximum Gasteiger partial charge on any atom is 0.310 e. The summed E-state index contributed by atoms with van der Waals surface area (Å²) in [5, 5.41) is 8.93. The molecule has 0 aliphatic heterocycles. The Kier molecular flexibility index (Phi) is 2.36. The summed E-state index contributed by atoms with van der Waals surface area (Å²) in [6.07, 6.45) is -1.37. The van der Waals surface area contributed by atoms with Gasteiger partial charge in [-0.05, 0) is 19.1 Å². The van der Waals surface area contributed by atoms with Gasteiger partial charge in [-0.3, -0.25) is 0 Å². The average molecular weight is 266 g/mol. The zero-order chi connectivity index (χ0) is 12.8. The fourth-order valence-electron chi connectivity index (χ4n) is 1.09. The van der Waals surface area contributed by atoms with Crippen molar-refractivity contribution in [2.75, 3.05) is 0 Å². The van der Waals surface area contributed by atoms with Crippen LogP contribution in [0, 0.1) is 5.82 Å². The van der Waals surface area contributed by atoms with Crippen LogP contribution >= 0.6 is 10.2 Å². The molecule has 0 heterocycles. The number of rotatable bonds is 2. The van der Waals surface area contributed by atoms with Crippen molar-refractivity contribution in [2.24, 2.45) is 0 Å². The molecule has 94 valence electrons. The molecule has 0 fully saturated rings. The van der Waals surface area contributed by atoms with Crippen LogP contribution in [-0.2, 0) is 0 Å². The molecule has 16 heavy (non-hydrogen) atoms. The van der Waals surface area contributed by atoms with E-state index in [1.54, 1.807) is 0 Å². The van der Waals surface area contributed by atoms with Gasteiger partial charge >= 0.3 is 10.2 Å². The highest BCUT2D eigenvalue weighted by Gasteiger charge is 2.65. The van der Waals surface area contributed by atoms with Crippen LogP contribution in [0.3, 0.4) is 0 Å². The highest BCUT2D eigenvalue weighted by Crippen LogP contribution is 3.02. The van der Waals surface area contributed by atoms with E-state index in [1.165, 1.54) is 0 Å². The monoisotopic (exact) mass is 266 g/mol. The zero-order valence-corrected chi connectivity index (χ0v) is 8.75. The first-order chi connectivity index (χ1) is 6.81. The molecule has 0 bridgehead atoms. The maximum atomic E-state index is 13.0. The Morgan fingerprint density at radius 1 is 1.12 bits per heavy atom. The summed E-state index contributed by atoms with van der Waals surface area (Å²) in [5.74, 6) is -1.51. The van der Waals surface area contributed by atoms with E-state index in [9.17, 15) is 23.8 Å². The van der Waals surface area contributed by atoms with Gasteiger partial charge in [-0.2, -0.15) is 0 Å². The lowest BCUT2D eigenvalue weighted by Crippen LogP contribution is -2.07. The third kappa shape index (κ3) is 2.82. The van der Waals surface area contributed by atoms with Crippen LogP contribution in [0.15, 0.2) is 23.1 Å². The Bertz CT molecular complexity index is 423. The molecule has 0 aliphatic rings. The number of benzene rings is 1. The van der Waals surface area contributed by atoms with Gasteiger partial charge in [0.2, 0.25) is 0 Å². The van der Waals surface area contributed by atoms with Crippen molar-refractivity contribution in [2.45, 2.75) is 17.9 Å². The zero-order valence-electron chi connectivity index (χ0n) is 7.93. The summed E-state index contributed by atoms with van der Waals surface area (Å²) in [7, 11) is -9.85. The Morgan fingerprint density at radius 2 is 1.62 bits per heavy atom. The first kappa shape index (κ1) is 13.2. The normalized spacial score (nSPS) is 18.8. The van der Waals surface area contributed by atoms with E-state index in [4.69, 9.17) is 5.11 Å². The van der Waals surface area contributed by atoms with Crippen molar-refractivity contribution in [1.29, 1.82) is 0 Å². The van der Waals surface area contributed by atoms with Crippen LogP contribution in [0.4, 0.5) is 23.8 Å². The summed E-state index contributed by atoms with van der Waals surface area (Å²) in [5.41, 5.74) is -0.467. The average Bonchev–Trinajstić information content (AvgIpc) is 1.98. The minimum Gasteiger partial charge on any atom is -0.389 e. The highest BCUT2D eigenvalue weighted by atomic mass is 32.5. The molecule has 0 spiro atoms. The molecule has 1 rings (SSSR count). The molecular weight excluding hydrogens is 258 g/mol. The van der Waals surface area contributed by atoms with E-state index >= 15 is 0 Å². The van der Waals surface area contributed by atoms with Gasteiger partial charge in [0.25, 0.3) is 0 Å². The summed E-state index contributed by atoms with van der Waals surface area (Å²) < 4.78 is 74.2. The lowest BCUT2D eigenvalue weighted by molar-refractivity contribution is 0.194. The first-order valence-electron chi connectivity index (χ1n) is 4.03. The summed E-state index contributed by atoms with van der Waals surface area (Å²) in [6.45, 7) is 1.11. The summed E-state index contributed by atoms with van der Waals surface area (Å²) >= 11 is 0. The maximum absolute atomic E-state index is 13.0. The molecule has 1 atom stereocenters. The van der Waals surface area contributed by atoms with Crippen molar-refractivity contribution in [3.63, 3.8) is 0 Å². The third-order valence-corrected chi connectivity index (χ3v) is 3.01. The highest BCUT2D eigenvalue weighted by molar-refractivity contribution is 8.45. The molecule has 1 N–H and O–H groups in total. The molecule has 0 radical (unpaired) electrons. The second-order valence-corrected chi connectivity index (χ2v) is 5.74. The molecular formula is C8H8F6OS. The van der Waals surface area contributed by atoms with Crippen LogP contribution in [-0.4, -0.2) is 5.11 Å². The minimum absolute atomic E-state index is 0.0622. The Labute approximate surface area is 87.4 Å². The minimum atomic E-state index is -9.85. The topological polar surface area (TPSA) is 20.2 Å². The third-order valence-electron chi connectivity index (χ3n) is 1.87. The first-order valence-corrected chi connectivity index (χ1v) is 5.98. The molecule has 1 aromatic rings. The second kappa shape index (κ2) is 2.86. The van der Waals surface area contributed by atoms with Crippen molar-refractivity contribution in [3.05, 3.63) is 29.6 Å². The van der Waals surface area contributed by atoms with E-state index in [1.807, 2.05) is 0 Å². The van der Waals surface area contributed by atoms with Crippen LogP contribution < -0.4 is 0 Å². The largest absolute Gasteiger partial charge is 0.389 e. The van der Waals surface area contributed by atoms with Gasteiger partial charge in [-0.25, -0.2) is 4.39 Å². The lowest BCUT2D eigenvalue weighted by atomic mass is 10.1. The fraction of sp³-hybridized carbons (Fsp3) is 0.250. The molecule has 0 aromatic heterocycles. The Hall–Kier alpha value is -0.890. The van der Waals surface area contributed by atoms with Crippen molar-refractivity contribution < 1.29 is 28.9 Å². The van der Waals surface area contributed by atoms with E-state index < -0.39 is 32.6 Å². The molecule has 8 heteroatoms. The lowest BCUT2D eigenvalue weighted by Gasteiger charge is -2.40. The standard InChI is InChI=1S/C8H8F6OS/c1-5(15)7-3-2-6(4-8(7)9)16(10,11,12,13)14/h2-5,15H,1H3. The predicted molar refractivity (Wildman–Crippen MR) is 48.4 cm³/mol. The van der Waals surface area contributed by atoms with Gasteiger partial charge in [-0.1, -0.05) is 25.5 Å². The molecule has 0 saturated carbocycles. The van der Waals surface area contributed by atoms with Gasteiger partial charge in [0, 0.05) is 5.56 Å². The van der Waals surface area contributed by atoms with E-state index in [0.29, 0.717) is 6.07 Å². The number of aliphatic hydroxyl groups is 1. The van der Waals surface area contributed by atoms with Gasteiger partial charge < -0.3 is 5.11 Å². The van der Waals surface area contributed by atoms with Crippen LogP contribution in [0.25, 0.3) is 0 Å². The number of hydrogen-bond donors (Lipinski definition) is 1. The van der Waals surface area contributed by atoms with Crippen LogP contribution in [0.1, 0.15) is 18.6 Å². The molecule has 0 saturated heterocycles. The number of halogens is 6. The Morgan fingerprint density at radius 3 is 1.94 bits per heavy atom. The molecule has 1 nitrogen and oxygen atoms in total. The number of hydrogen-bond acceptors (Lipinski definition) is 1. The predicted octanol–water partition coefficient (Wildman–Crippen LogP) is 4.54. The van der Waals surface area contributed by atoms with Gasteiger partial charge in [0.15, 0.2) is 0 Å². The van der Waals surface area contributed by atoms with E-state index in [2.05, 4.69) is 0 Å². The van der Waals surface area contributed by atoms with Crippen LogP contribution in [0.5, 0.6) is 0 Å². The Balaban J connectivity index is 3.40. The molecule has 1 aromatic carbocycles. The van der Waals surface area contributed by atoms with E-state index in [0.717, 1.165) is 6.92 Å².